The van der Waals surface area contributed by atoms with Crippen molar-refractivity contribution < 1.29 is 19.1 Å². The fraction of sp³-hybridized carbons (Fsp3) is 0.500. The summed E-state index contributed by atoms with van der Waals surface area (Å²) in [7, 11) is 2.90. The second-order valence-corrected chi connectivity index (χ2v) is 2.52. The molecular formula is C8H11NO4. The van der Waals surface area contributed by atoms with Gasteiger partial charge in [0.25, 0.3) is 11.8 Å². The Kier molecular flexibility index (Phi) is 3.16. The molecule has 0 spiro atoms. The van der Waals surface area contributed by atoms with Crippen molar-refractivity contribution in [3.8, 4) is 0 Å². The molecule has 0 saturated carbocycles. The Morgan fingerprint density at radius 1 is 1.23 bits per heavy atom. The minimum absolute atomic E-state index is 0.123. The van der Waals surface area contributed by atoms with Crippen LogP contribution in [0, 0.1) is 0 Å². The highest BCUT2D eigenvalue weighted by atomic mass is 16.7. The van der Waals surface area contributed by atoms with Crippen LogP contribution in [0.1, 0.15) is 0 Å². The van der Waals surface area contributed by atoms with Crippen LogP contribution in [0.15, 0.2) is 12.2 Å². The van der Waals surface area contributed by atoms with E-state index in [4.69, 9.17) is 9.47 Å². The molecule has 0 fully saturated rings. The lowest BCUT2D eigenvalue weighted by Gasteiger charge is -2.19. The molecule has 1 aliphatic heterocycles. The minimum atomic E-state index is -0.562. The zero-order chi connectivity index (χ0) is 9.84. The summed E-state index contributed by atoms with van der Waals surface area (Å²) in [5.41, 5.74) is 0. The van der Waals surface area contributed by atoms with Gasteiger partial charge in [-0.25, -0.2) is 0 Å². The van der Waals surface area contributed by atoms with Gasteiger partial charge < -0.3 is 9.47 Å². The fourth-order valence-electron chi connectivity index (χ4n) is 1.01. The van der Waals surface area contributed by atoms with Gasteiger partial charge in [-0.3, -0.25) is 14.5 Å². The topological polar surface area (TPSA) is 55.8 Å². The Morgan fingerprint density at radius 3 is 2.08 bits per heavy atom. The van der Waals surface area contributed by atoms with Gasteiger partial charge in [0.05, 0.1) is 6.54 Å². The van der Waals surface area contributed by atoms with Crippen molar-refractivity contribution in [1.29, 1.82) is 0 Å². The first kappa shape index (κ1) is 9.88. The van der Waals surface area contributed by atoms with Crippen molar-refractivity contribution in [2.45, 2.75) is 6.29 Å². The average Bonchev–Trinajstić information content (AvgIpc) is 2.44. The quantitative estimate of drug-likeness (QED) is 0.439. The van der Waals surface area contributed by atoms with E-state index in [1.165, 1.54) is 26.4 Å². The van der Waals surface area contributed by atoms with Crippen molar-refractivity contribution in [3.05, 3.63) is 12.2 Å². The second-order valence-electron chi connectivity index (χ2n) is 2.52. The van der Waals surface area contributed by atoms with Gasteiger partial charge in [0, 0.05) is 26.4 Å². The molecule has 0 unspecified atom stereocenters. The van der Waals surface area contributed by atoms with Crippen molar-refractivity contribution in [2.24, 2.45) is 0 Å². The largest absolute Gasteiger partial charge is 0.354 e. The lowest BCUT2D eigenvalue weighted by atomic mass is 10.5. The SMILES string of the molecule is COC(CN1C(=O)C=CC1=O)OC. The second kappa shape index (κ2) is 4.15. The van der Waals surface area contributed by atoms with E-state index in [1.54, 1.807) is 0 Å². The number of imide groups is 1. The van der Waals surface area contributed by atoms with Crippen LogP contribution in [-0.4, -0.2) is 43.8 Å². The number of rotatable bonds is 4. The van der Waals surface area contributed by atoms with E-state index in [-0.39, 0.29) is 18.4 Å². The highest BCUT2D eigenvalue weighted by molar-refractivity contribution is 6.12. The predicted octanol–water partition coefficient (Wildman–Crippen LogP) is -0.470. The van der Waals surface area contributed by atoms with E-state index < -0.39 is 6.29 Å². The van der Waals surface area contributed by atoms with Crippen molar-refractivity contribution in [3.63, 3.8) is 0 Å². The van der Waals surface area contributed by atoms with Crippen molar-refractivity contribution >= 4 is 11.8 Å². The van der Waals surface area contributed by atoms with Crippen LogP contribution in [0.3, 0.4) is 0 Å². The number of amides is 2. The molecule has 0 bridgehead atoms. The van der Waals surface area contributed by atoms with Gasteiger partial charge in [0.15, 0.2) is 6.29 Å². The summed E-state index contributed by atoms with van der Waals surface area (Å²) in [6, 6.07) is 0. The van der Waals surface area contributed by atoms with Crippen LogP contribution in [-0.2, 0) is 19.1 Å². The number of methoxy groups -OCH3 is 2. The van der Waals surface area contributed by atoms with Crippen LogP contribution >= 0.6 is 0 Å². The molecule has 5 heteroatoms. The zero-order valence-corrected chi connectivity index (χ0v) is 7.52. The van der Waals surface area contributed by atoms with E-state index in [0.29, 0.717) is 0 Å². The van der Waals surface area contributed by atoms with Gasteiger partial charge in [0.1, 0.15) is 0 Å². The first-order chi connectivity index (χ1) is 6.19. The van der Waals surface area contributed by atoms with E-state index in [0.717, 1.165) is 4.90 Å². The van der Waals surface area contributed by atoms with Gasteiger partial charge in [-0.2, -0.15) is 0 Å². The third-order valence-corrected chi connectivity index (χ3v) is 1.76. The number of nitrogens with zero attached hydrogens (tertiary/aromatic N) is 1. The van der Waals surface area contributed by atoms with Gasteiger partial charge in [-0.05, 0) is 0 Å². The molecule has 2 amide bonds. The number of hydrogen-bond donors (Lipinski definition) is 0. The number of carbonyl (C=O) groups excluding carboxylic acids is 2. The molecule has 0 aromatic carbocycles. The molecule has 0 N–H and O–H groups in total. The van der Waals surface area contributed by atoms with Crippen LogP contribution < -0.4 is 0 Å². The highest BCUT2D eigenvalue weighted by Crippen LogP contribution is 2.05. The first-order valence-electron chi connectivity index (χ1n) is 3.78. The molecule has 0 aliphatic carbocycles. The Morgan fingerprint density at radius 2 is 1.69 bits per heavy atom. The van der Waals surface area contributed by atoms with Crippen molar-refractivity contribution in [2.75, 3.05) is 20.8 Å². The summed E-state index contributed by atoms with van der Waals surface area (Å²) in [6.45, 7) is 0.123. The fourth-order valence-corrected chi connectivity index (χ4v) is 1.01. The standard InChI is InChI=1S/C8H11NO4/c1-12-8(13-2)5-9-6(10)3-4-7(9)11/h3-4,8H,5H2,1-2H3. The molecule has 1 heterocycles. The Bertz CT molecular complexity index is 227. The molecular weight excluding hydrogens is 174 g/mol. The van der Waals surface area contributed by atoms with Crippen LogP contribution in [0.25, 0.3) is 0 Å². The van der Waals surface area contributed by atoms with Gasteiger partial charge >= 0.3 is 0 Å². The Balaban J connectivity index is 2.53. The van der Waals surface area contributed by atoms with Gasteiger partial charge in [-0.1, -0.05) is 0 Å². The number of carbonyl (C=O) groups is 2. The summed E-state index contributed by atoms with van der Waals surface area (Å²) in [4.78, 5) is 23.2. The van der Waals surface area contributed by atoms with E-state index in [2.05, 4.69) is 0 Å². The molecule has 0 radical (unpaired) electrons. The van der Waals surface area contributed by atoms with E-state index >= 15 is 0 Å². The number of hydrogen-bond acceptors (Lipinski definition) is 4. The van der Waals surface area contributed by atoms with Crippen LogP contribution in [0.2, 0.25) is 0 Å². The maximum absolute atomic E-state index is 11.1. The van der Waals surface area contributed by atoms with Crippen LogP contribution in [0.4, 0.5) is 0 Å². The summed E-state index contributed by atoms with van der Waals surface area (Å²) in [5.74, 6) is -0.659. The Hall–Kier alpha value is -1.20. The summed E-state index contributed by atoms with van der Waals surface area (Å²) >= 11 is 0. The minimum Gasteiger partial charge on any atom is -0.354 e. The third kappa shape index (κ3) is 2.13. The maximum atomic E-state index is 11.1. The summed E-state index contributed by atoms with van der Waals surface area (Å²) in [6.07, 6.45) is 1.89. The lowest BCUT2D eigenvalue weighted by Crippen LogP contribution is -2.38. The average molecular weight is 185 g/mol. The van der Waals surface area contributed by atoms with Gasteiger partial charge in [0.2, 0.25) is 0 Å². The van der Waals surface area contributed by atoms with Crippen molar-refractivity contribution in [1.82, 2.24) is 4.90 Å². The molecule has 72 valence electrons. The monoisotopic (exact) mass is 185 g/mol. The van der Waals surface area contributed by atoms with Gasteiger partial charge in [-0.15, -0.1) is 0 Å². The maximum Gasteiger partial charge on any atom is 0.253 e. The smallest absolute Gasteiger partial charge is 0.253 e. The first-order valence-corrected chi connectivity index (χ1v) is 3.78. The predicted molar refractivity (Wildman–Crippen MR) is 43.7 cm³/mol. The zero-order valence-electron chi connectivity index (χ0n) is 7.52. The Labute approximate surface area is 75.9 Å². The van der Waals surface area contributed by atoms with E-state index in [1.807, 2.05) is 0 Å². The molecule has 13 heavy (non-hydrogen) atoms. The molecule has 0 aromatic heterocycles. The van der Waals surface area contributed by atoms with E-state index in [9.17, 15) is 9.59 Å². The molecule has 0 atom stereocenters. The molecule has 0 aromatic rings. The lowest BCUT2D eigenvalue weighted by molar-refractivity contribution is -0.150. The highest BCUT2D eigenvalue weighted by Gasteiger charge is 2.26. The summed E-state index contributed by atoms with van der Waals surface area (Å²) in [5, 5.41) is 0. The summed E-state index contributed by atoms with van der Waals surface area (Å²) < 4.78 is 9.72. The normalized spacial score (nSPS) is 16.4. The van der Waals surface area contributed by atoms with Crippen LogP contribution in [0.5, 0.6) is 0 Å². The molecule has 1 rings (SSSR count). The third-order valence-electron chi connectivity index (χ3n) is 1.76. The number of ether oxygens (including phenoxy) is 2. The molecule has 1 aliphatic rings. The molecule has 5 nitrogen and oxygen atoms in total. The molecule has 0 saturated heterocycles.